The van der Waals surface area contributed by atoms with Gasteiger partial charge in [-0.1, -0.05) is 15.9 Å². The molecule has 1 aromatic carbocycles. The average molecular weight is 366 g/mol. The SMILES string of the molecule is CC(=O)c1c[nH]c(C(=O)OCc2cc3c(cc2Br)OCO3)c1. The summed E-state index contributed by atoms with van der Waals surface area (Å²) in [7, 11) is 0. The number of ether oxygens (including phenoxy) is 3. The van der Waals surface area contributed by atoms with Crippen LogP contribution in [0.3, 0.4) is 0 Å². The molecule has 2 aromatic rings. The summed E-state index contributed by atoms with van der Waals surface area (Å²) in [6.07, 6.45) is 1.48. The molecule has 0 atom stereocenters. The fourth-order valence-electron chi connectivity index (χ4n) is 2.01. The predicted octanol–water partition coefficient (Wildman–Crippen LogP) is 3.07. The number of rotatable bonds is 4. The molecule has 2 heterocycles. The molecule has 1 aliphatic heterocycles. The van der Waals surface area contributed by atoms with Crippen LogP contribution in [0.15, 0.2) is 28.9 Å². The van der Waals surface area contributed by atoms with E-state index in [1.807, 2.05) is 0 Å². The standard InChI is InChI=1S/C15H12BrNO5/c1-8(18)9-2-12(17-5-9)15(19)20-6-10-3-13-14(4-11(10)16)22-7-21-13/h2-5,17H,6-7H2,1H3. The maximum atomic E-state index is 12.0. The predicted molar refractivity (Wildman–Crippen MR) is 80.2 cm³/mol. The molecule has 7 heteroatoms. The number of Topliss-reactive ketones (excluding diaryl/α,β-unsaturated/α-hetero) is 1. The molecule has 3 rings (SSSR count). The quantitative estimate of drug-likeness (QED) is 0.665. The molecule has 0 saturated heterocycles. The Morgan fingerprint density at radius 3 is 2.68 bits per heavy atom. The number of aromatic amines is 1. The van der Waals surface area contributed by atoms with Gasteiger partial charge in [-0.25, -0.2) is 4.79 Å². The Bertz CT molecular complexity index is 752. The van der Waals surface area contributed by atoms with Crippen molar-refractivity contribution in [3.8, 4) is 11.5 Å². The van der Waals surface area contributed by atoms with Crippen molar-refractivity contribution in [1.82, 2.24) is 4.98 Å². The second-order valence-electron chi connectivity index (χ2n) is 4.73. The molecule has 0 radical (unpaired) electrons. The highest BCUT2D eigenvalue weighted by Gasteiger charge is 2.18. The van der Waals surface area contributed by atoms with Gasteiger partial charge in [0.25, 0.3) is 0 Å². The molecule has 114 valence electrons. The Labute approximate surface area is 134 Å². The van der Waals surface area contributed by atoms with E-state index >= 15 is 0 Å². The number of carbonyl (C=O) groups is 2. The monoisotopic (exact) mass is 365 g/mol. The first kappa shape index (κ1) is 14.6. The highest BCUT2D eigenvalue weighted by molar-refractivity contribution is 9.10. The molecule has 0 amide bonds. The minimum atomic E-state index is -0.530. The molecule has 0 saturated carbocycles. The number of ketones is 1. The van der Waals surface area contributed by atoms with Gasteiger partial charge in [0, 0.05) is 21.8 Å². The van der Waals surface area contributed by atoms with Gasteiger partial charge in [0.1, 0.15) is 12.3 Å². The van der Waals surface area contributed by atoms with Gasteiger partial charge in [0.2, 0.25) is 6.79 Å². The van der Waals surface area contributed by atoms with Crippen molar-refractivity contribution in [3.05, 3.63) is 45.7 Å². The molecule has 1 N–H and O–H groups in total. The number of aromatic nitrogens is 1. The van der Waals surface area contributed by atoms with Gasteiger partial charge < -0.3 is 19.2 Å². The van der Waals surface area contributed by atoms with E-state index in [2.05, 4.69) is 20.9 Å². The average Bonchev–Trinajstić information content (AvgIpc) is 3.13. The third kappa shape index (κ3) is 2.85. The van der Waals surface area contributed by atoms with Gasteiger partial charge in [-0.05, 0) is 25.1 Å². The Morgan fingerprint density at radius 1 is 1.27 bits per heavy atom. The Morgan fingerprint density at radius 2 is 2.00 bits per heavy atom. The van der Waals surface area contributed by atoms with Gasteiger partial charge in [-0.3, -0.25) is 4.79 Å². The largest absolute Gasteiger partial charge is 0.456 e. The molecule has 0 aliphatic carbocycles. The lowest BCUT2D eigenvalue weighted by Gasteiger charge is -2.07. The van der Waals surface area contributed by atoms with Gasteiger partial charge in [0.05, 0.1) is 0 Å². The maximum absolute atomic E-state index is 12.0. The van der Waals surface area contributed by atoms with E-state index in [-0.39, 0.29) is 24.9 Å². The second kappa shape index (κ2) is 5.84. The van der Waals surface area contributed by atoms with E-state index in [0.29, 0.717) is 17.1 Å². The fourth-order valence-corrected chi connectivity index (χ4v) is 2.44. The Hall–Kier alpha value is -2.28. The highest BCUT2D eigenvalue weighted by atomic mass is 79.9. The van der Waals surface area contributed by atoms with Crippen LogP contribution in [-0.4, -0.2) is 23.5 Å². The first-order chi connectivity index (χ1) is 10.5. The van der Waals surface area contributed by atoms with Crippen LogP contribution in [0.4, 0.5) is 0 Å². The zero-order valence-electron chi connectivity index (χ0n) is 11.6. The number of halogens is 1. The second-order valence-corrected chi connectivity index (χ2v) is 5.59. The Balaban J connectivity index is 1.69. The van der Waals surface area contributed by atoms with E-state index in [0.717, 1.165) is 10.0 Å². The van der Waals surface area contributed by atoms with Crippen LogP contribution in [0.2, 0.25) is 0 Å². The molecular formula is C15H12BrNO5. The topological polar surface area (TPSA) is 77.6 Å². The van der Waals surface area contributed by atoms with Crippen molar-refractivity contribution >= 4 is 27.7 Å². The lowest BCUT2D eigenvalue weighted by molar-refractivity contribution is 0.0465. The van der Waals surface area contributed by atoms with Crippen LogP contribution < -0.4 is 9.47 Å². The van der Waals surface area contributed by atoms with Crippen LogP contribution in [0.25, 0.3) is 0 Å². The summed E-state index contributed by atoms with van der Waals surface area (Å²) in [5, 5.41) is 0. The lowest BCUT2D eigenvalue weighted by Crippen LogP contribution is -2.06. The van der Waals surface area contributed by atoms with Crippen molar-refractivity contribution in [2.45, 2.75) is 13.5 Å². The third-order valence-corrected chi connectivity index (χ3v) is 3.95. The molecular weight excluding hydrogens is 354 g/mol. The zero-order valence-corrected chi connectivity index (χ0v) is 13.2. The van der Waals surface area contributed by atoms with Crippen LogP contribution in [-0.2, 0) is 11.3 Å². The van der Waals surface area contributed by atoms with Crippen molar-refractivity contribution in [2.24, 2.45) is 0 Å². The summed E-state index contributed by atoms with van der Waals surface area (Å²) in [6, 6.07) is 5.00. The molecule has 1 aromatic heterocycles. The maximum Gasteiger partial charge on any atom is 0.355 e. The molecule has 0 fully saturated rings. The smallest absolute Gasteiger partial charge is 0.355 e. The summed E-state index contributed by atoms with van der Waals surface area (Å²) < 4.78 is 16.5. The molecule has 22 heavy (non-hydrogen) atoms. The molecule has 0 unspecified atom stereocenters. The van der Waals surface area contributed by atoms with E-state index < -0.39 is 5.97 Å². The summed E-state index contributed by atoms with van der Waals surface area (Å²) in [5.74, 6) is 0.622. The molecule has 1 aliphatic rings. The van der Waals surface area contributed by atoms with E-state index in [4.69, 9.17) is 14.2 Å². The van der Waals surface area contributed by atoms with E-state index in [1.165, 1.54) is 19.2 Å². The summed E-state index contributed by atoms with van der Waals surface area (Å²) in [6.45, 7) is 1.69. The number of carbonyl (C=O) groups excluding carboxylic acids is 2. The molecule has 0 bridgehead atoms. The van der Waals surface area contributed by atoms with Crippen LogP contribution >= 0.6 is 15.9 Å². The first-order valence-electron chi connectivity index (χ1n) is 6.49. The molecule has 0 spiro atoms. The number of benzene rings is 1. The number of fused-ring (bicyclic) bond motifs is 1. The van der Waals surface area contributed by atoms with Crippen LogP contribution in [0.1, 0.15) is 33.3 Å². The van der Waals surface area contributed by atoms with Crippen molar-refractivity contribution in [1.29, 1.82) is 0 Å². The molecule has 6 nitrogen and oxygen atoms in total. The van der Waals surface area contributed by atoms with Crippen molar-refractivity contribution < 1.29 is 23.8 Å². The van der Waals surface area contributed by atoms with Crippen molar-refractivity contribution in [3.63, 3.8) is 0 Å². The first-order valence-corrected chi connectivity index (χ1v) is 7.28. The van der Waals surface area contributed by atoms with E-state index in [1.54, 1.807) is 12.1 Å². The summed E-state index contributed by atoms with van der Waals surface area (Å²) >= 11 is 3.40. The zero-order chi connectivity index (χ0) is 15.7. The van der Waals surface area contributed by atoms with Gasteiger partial charge >= 0.3 is 5.97 Å². The highest BCUT2D eigenvalue weighted by Crippen LogP contribution is 2.37. The number of hydrogen-bond acceptors (Lipinski definition) is 5. The lowest BCUT2D eigenvalue weighted by atomic mass is 10.2. The summed E-state index contributed by atoms with van der Waals surface area (Å²) in [5.41, 5.74) is 1.44. The van der Waals surface area contributed by atoms with Gasteiger partial charge in [-0.15, -0.1) is 0 Å². The van der Waals surface area contributed by atoms with Crippen molar-refractivity contribution in [2.75, 3.05) is 6.79 Å². The van der Waals surface area contributed by atoms with Gasteiger partial charge in [-0.2, -0.15) is 0 Å². The normalized spacial score (nSPS) is 12.3. The third-order valence-electron chi connectivity index (χ3n) is 3.21. The minimum absolute atomic E-state index is 0.0739. The fraction of sp³-hybridized carbons (Fsp3) is 0.200. The van der Waals surface area contributed by atoms with Gasteiger partial charge in [0.15, 0.2) is 17.3 Å². The van der Waals surface area contributed by atoms with Crippen LogP contribution in [0, 0.1) is 0 Å². The number of nitrogens with one attached hydrogen (secondary N) is 1. The number of H-pyrrole nitrogens is 1. The number of hydrogen-bond donors (Lipinski definition) is 1. The summed E-state index contributed by atoms with van der Waals surface area (Å²) in [4.78, 5) is 25.9. The minimum Gasteiger partial charge on any atom is -0.456 e. The van der Waals surface area contributed by atoms with E-state index in [9.17, 15) is 9.59 Å². The Kier molecular flexibility index (Phi) is 3.89. The number of esters is 1. The van der Waals surface area contributed by atoms with Crippen LogP contribution in [0.5, 0.6) is 11.5 Å².